The highest BCUT2D eigenvalue weighted by molar-refractivity contribution is 6.44. The normalized spacial score (nSPS) is 11.8. The second kappa shape index (κ2) is 5.73. The smallest absolute Gasteiger partial charge is 0.192 e. The van der Waals surface area contributed by atoms with Crippen LogP contribution >= 0.6 is 11.6 Å². The molecule has 0 aliphatic carbocycles. The van der Waals surface area contributed by atoms with Crippen molar-refractivity contribution in [3.63, 3.8) is 0 Å². The number of alkyl halides is 1. The molecular weight excluding hydrogens is 258 g/mol. The highest BCUT2D eigenvalue weighted by Crippen LogP contribution is 2.32. The molecule has 1 rings (SSSR count). The third kappa shape index (κ3) is 2.73. The summed E-state index contributed by atoms with van der Waals surface area (Å²) in [6.45, 7) is 1.25. The molecule has 0 spiro atoms. The van der Waals surface area contributed by atoms with Crippen molar-refractivity contribution in [2.75, 3.05) is 20.0 Å². The molecule has 0 saturated heterocycles. The number of benzene rings is 1. The zero-order chi connectivity index (χ0) is 13.9. The van der Waals surface area contributed by atoms with E-state index < -0.39 is 16.9 Å². The van der Waals surface area contributed by atoms with Gasteiger partial charge >= 0.3 is 0 Å². The Morgan fingerprint density at radius 3 is 2.22 bits per heavy atom. The Bertz CT molecular complexity index is 487. The van der Waals surface area contributed by atoms with Gasteiger partial charge in [-0.2, -0.15) is 0 Å². The van der Waals surface area contributed by atoms with E-state index in [4.69, 9.17) is 26.8 Å². The van der Waals surface area contributed by atoms with E-state index in [0.717, 1.165) is 0 Å². The Morgan fingerprint density at radius 2 is 1.78 bits per heavy atom. The van der Waals surface area contributed by atoms with Gasteiger partial charge in [0.15, 0.2) is 16.9 Å². The predicted molar refractivity (Wildman–Crippen MR) is 68.6 cm³/mol. The lowest BCUT2D eigenvalue weighted by atomic mass is 10.0. The first-order chi connectivity index (χ1) is 8.42. The number of rotatable bonds is 5. The van der Waals surface area contributed by atoms with Crippen LogP contribution in [0.4, 0.5) is 5.69 Å². The van der Waals surface area contributed by atoms with E-state index in [2.05, 4.69) is 0 Å². The van der Waals surface area contributed by atoms with Gasteiger partial charge < -0.3 is 15.2 Å². The number of anilines is 1. The first-order valence-electron chi connectivity index (χ1n) is 5.12. The molecule has 0 aliphatic rings. The highest BCUT2D eigenvalue weighted by atomic mass is 35.5. The molecule has 98 valence electrons. The summed E-state index contributed by atoms with van der Waals surface area (Å²) in [5.74, 6) is -0.393. The van der Waals surface area contributed by atoms with Crippen molar-refractivity contribution < 1.29 is 19.1 Å². The van der Waals surface area contributed by atoms with Crippen LogP contribution < -0.4 is 15.2 Å². The van der Waals surface area contributed by atoms with Gasteiger partial charge in [0.1, 0.15) is 11.5 Å². The Morgan fingerprint density at radius 1 is 1.22 bits per heavy atom. The molecule has 0 fully saturated rings. The summed E-state index contributed by atoms with van der Waals surface area (Å²) >= 11 is 5.74. The van der Waals surface area contributed by atoms with E-state index in [1.165, 1.54) is 33.3 Å². The summed E-state index contributed by atoms with van der Waals surface area (Å²) in [4.78, 5) is 23.1. The number of halogens is 1. The van der Waals surface area contributed by atoms with Crippen LogP contribution in [0, 0.1) is 0 Å². The predicted octanol–water partition coefficient (Wildman–Crippen LogP) is 1.67. The molecule has 1 unspecified atom stereocenters. The fourth-order valence-electron chi connectivity index (χ4n) is 1.44. The molecule has 0 aliphatic heterocycles. The van der Waals surface area contributed by atoms with Crippen LogP contribution in [0.3, 0.4) is 0 Å². The molecule has 0 aromatic heterocycles. The lowest BCUT2D eigenvalue weighted by molar-refractivity contribution is -0.115. The monoisotopic (exact) mass is 271 g/mol. The largest absolute Gasteiger partial charge is 0.496 e. The van der Waals surface area contributed by atoms with Crippen LogP contribution in [-0.4, -0.2) is 31.2 Å². The number of ketones is 2. The summed E-state index contributed by atoms with van der Waals surface area (Å²) in [5, 5.41) is -1.24. The summed E-state index contributed by atoms with van der Waals surface area (Å²) in [6.07, 6.45) is 0. The number of carbonyl (C=O) groups excluding carboxylic acids is 2. The second-order valence-electron chi connectivity index (χ2n) is 3.63. The maximum absolute atomic E-state index is 12.0. The molecule has 1 aromatic rings. The van der Waals surface area contributed by atoms with E-state index in [9.17, 15) is 9.59 Å². The summed E-state index contributed by atoms with van der Waals surface area (Å²) in [5.41, 5.74) is 6.19. The number of methoxy groups -OCH3 is 2. The SMILES string of the molecule is COc1cc(C(=O)C(Cl)C(C)=O)c(OC)cc1N. The molecular formula is C12H14ClNO4. The maximum Gasteiger partial charge on any atom is 0.192 e. The molecule has 0 radical (unpaired) electrons. The molecule has 2 N–H and O–H groups in total. The standard InChI is InChI=1S/C12H14ClNO4/c1-6(15)11(13)12(16)7-4-10(18-3)8(14)5-9(7)17-2/h4-5,11H,14H2,1-3H3. The topological polar surface area (TPSA) is 78.6 Å². The van der Waals surface area contributed by atoms with Crippen LogP contribution in [-0.2, 0) is 4.79 Å². The molecule has 5 nitrogen and oxygen atoms in total. The van der Waals surface area contributed by atoms with Crippen molar-refractivity contribution in [1.82, 2.24) is 0 Å². The zero-order valence-corrected chi connectivity index (χ0v) is 11.1. The molecule has 18 heavy (non-hydrogen) atoms. The van der Waals surface area contributed by atoms with Gasteiger partial charge in [-0.25, -0.2) is 0 Å². The van der Waals surface area contributed by atoms with Gasteiger partial charge in [0.25, 0.3) is 0 Å². The highest BCUT2D eigenvalue weighted by Gasteiger charge is 2.25. The van der Waals surface area contributed by atoms with Gasteiger partial charge in [-0.3, -0.25) is 9.59 Å². The Kier molecular flexibility index (Phi) is 4.55. The number of nitrogens with two attached hydrogens (primary N) is 1. The summed E-state index contributed by atoms with van der Waals surface area (Å²) < 4.78 is 10.1. The first-order valence-corrected chi connectivity index (χ1v) is 5.56. The van der Waals surface area contributed by atoms with Crippen molar-refractivity contribution in [3.8, 4) is 11.5 Å². The average Bonchev–Trinajstić information content (AvgIpc) is 2.36. The van der Waals surface area contributed by atoms with Crippen molar-refractivity contribution >= 4 is 28.9 Å². The van der Waals surface area contributed by atoms with Crippen LogP contribution in [0.1, 0.15) is 17.3 Å². The Balaban J connectivity index is 3.29. The van der Waals surface area contributed by atoms with Crippen LogP contribution in [0.2, 0.25) is 0 Å². The van der Waals surface area contributed by atoms with E-state index in [0.29, 0.717) is 11.4 Å². The first kappa shape index (κ1) is 14.3. The third-order valence-electron chi connectivity index (χ3n) is 2.40. The minimum absolute atomic E-state index is 0.166. The number of carbonyl (C=O) groups is 2. The lowest BCUT2D eigenvalue weighted by Crippen LogP contribution is -2.23. The minimum Gasteiger partial charge on any atom is -0.496 e. The molecule has 0 saturated carbocycles. The fourth-order valence-corrected chi connectivity index (χ4v) is 1.55. The second-order valence-corrected chi connectivity index (χ2v) is 4.07. The third-order valence-corrected chi connectivity index (χ3v) is 2.91. The van der Waals surface area contributed by atoms with Crippen molar-refractivity contribution in [2.45, 2.75) is 12.3 Å². The van der Waals surface area contributed by atoms with Crippen LogP contribution in [0.15, 0.2) is 12.1 Å². The fraction of sp³-hybridized carbons (Fsp3) is 0.333. The maximum atomic E-state index is 12.0. The number of hydrogen-bond donors (Lipinski definition) is 1. The molecule has 6 heteroatoms. The summed E-state index contributed by atoms with van der Waals surface area (Å²) in [6, 6.07) is 2.87. The van der Waals surface area contributed by atoms with Crippen molar-refractivity contribution in [1.29, 1.82) is 0 Å². The quantitative estimate of drug-likeness (QED) is 0.381. The van der Waals surface area contributed by atoms with E-state index in [-0.39, 0.29) is 11.3 Å². The minimum atomic E-state index is -1.24. The Labute approximate surface area is 110 Å². The average molecular weight is 272 g/mol. The number of nitrogen functional groups attached to an aromatic ring is 1. The van der Waals surface area contributed by atoms with Gasteiger partial charge in [0, 0.05) is 6.07 Å². The van der Waals surface area contributed by atoms with E-state index in [1.54, 1.807) is 0 Å². The zero-order valence-electron chi connectivity index (χ0n) is 10.3. The van der Waals surface area contributed by atoms with Gasteiger partial charge in [-0.05, 0) is 13.0 Å². The van der Waals surface area contributed by atoms with Gasteiger partial charge in [-0.15, -0.1) is 11.6 Å². The number of hydrogen-bond acceptors (Lipinski definition) is 5. The molecule has 0 bridgehead atoms. The summed E-state index contributed by atoms with van der Waals surface area (Å²) in [7, 11) is 2.82. The molecule has 0 heterocycles. The van der Waals surface area contributed by atoms with E-state index >= 15 is 0 Å². The molecule has 0 amide bonds. The van der Waals surface area contributed by atoms with Gasteiger partial charge in [0.05, 0.1) is 25.5 Å². The van der Waals surface area contributed by atoms with Crippen LogP contribution in [0.25, 0.3) is 0 Å². The van der Waals surface area contributed by atoms with Gasteiger partial charge in [-0.1, -0.05) is 0 Å². The van der Waals surface area contributed by atoms with Gasteiger partial charge in [0.2, 0.25) is 0 Å². The molecule has 1 aromatic carbocycles. The van der Waals surface area contributed by atoms with Crippen molar-refractivity contribution in [3.05, 3.63) is 17.7 Å². The molecule has 1 atom stereocenters. The van der Waals surface area contributed by atoms with E-state index in [1.807, 2.05) is 0 Å². The van der Waals surface area contributed by atoms with Crippen molar-refractivity contribution in [2.24, 2.45) is 0 Å². The Hall–Kier alpha value is -1.75. The van der Waals surface area contributed by atoms with Crippen LogP contribution in [0.5, 0.6) is 11.5 Å². The number of Topliss-reactive ketones (excluding diaryl/α,β-unsaturated/α-hetero) is 2. The number of ether oxygens (including phenoxy) is 2. The lowest BCUT2D eigenvalue weighted by Gasteiger charge is -2.13.